The summed E-state index contributed by atoms with van der Waals surface area (Å²) in [5.74, 6) is 0.00613. The van der Waals surface area contributed by atoms with Crippen LogP contribution in [0.5, 0.6) is 0 Å². The van der Waals surface area contributed by atoms with Crippen LogP contribution in [0.2, 0.25) is 0 Å². The number of carbonyl (C=O) groups is 2. The van der Waals surface area contributed by atoms with Crippen molar-refractivity contribution in [1.82, 2.24) is 0 Å². The van der Waals surface area contributed by atoms with Crippen molar-refractivity contribution < 1.29 is 9.59 Å². The van der Waals surface area contributed by atoms with Gasteiger partial charge in [-0.15, -0.1) is 22.7 Å². The third-order valence-corrected chi connectivity index (χ3v) is 9.74. The van der Waals surface area contributed by atoms with E-state index in [0.29, 0.717) is 24.8 Å². The van der Waals surface area contributed by atoms with E-state index >= 15 is 0 Å². The second-order valence-electron chi connectivity index (χ2n) is 10.5. The average Bonchev–Trinajstić information content (AvgIpc) is 3.29. The maximum absolute atomic E-state index is 13.8. The first-order valence-electron chi connectivity index (χ1n) is 12.0. The van der Waals surface area contributed by atoms with Gasteiger partial charge in [-0.05, 0) is 67.0 Å². The second-order valence-corrected chi connectivity index (χ2v) is 12.5. The smallest absolute Gasteiger partial charge is 0.232 e. The van der Waals surface area contributed by atoms with Crippen LogP contribution in [0, 0.1) is 23.7 Å². The highest BCUT2D eigenvalue weighted by molar-refractivity contribution is 7.16. The zero-order chi connectivity index (χ0) is 23.3. The number of hydrogen-bond donors (Lipinski definition) is 0. The largest absolute Gasteiger partial charge is 0.294 e. The normalized spacial score (nSPS) is 23.0. The standard InChI is InChI=1S/C27H30N2O2S2/c1-16-10-11-32-25(16)18-12-23(31)29(20-13-27(2,3)14-21(30)24(18)20)26-19(15-28)17-8-6-4-5-7-9-22(17)33-26/h10-11,18H,4-9,12-14H2,1-3H3/t18-/m1/s1. The number of nitrogens with zero attached hydrogens (tertiary/aromatic N) is 2. The van der Waals surface area contributed by atoms with Gasteiger partial charge in [-0.2, -0.15) is 5.26 Å². The summed E-state index contributed by atoms with van der Waals surface area (Å²) in [5.41, 5.74) is 4.40. The van der Waals surface area contributed by atoms with Crippen molar-refractivity contribution in [1.29, 1.82) is 5.26 Å². The molecule has 172 valence electrons. The van der Waals surface area contributed by atoms with Crippen LogP contribution in [-0.2, 0) is 22.4 Å². The minimum absolute atomic E-state index is 0.0165. The van der Waals surface area contributed by atoms with Gasteiger partial charge in [-0.3, -0.25) is 14.5 Å². The van der Waals surface area contributed by atoms with Crippen LogP contribution in [0.4, 0.5) is 5.00 Å². The highest BCUT2D eigenvalue weighted by Crippen LogP contribution is 2.51. The fraction of sp³-hybridized carbons (Fsp3) is 0.519. The Hall–Kier alpha value is -2.23. The number of aryl methyl sites for hydroxylation is 2. The molecule has 2 aliphatic carbocycles. The van der Waals surface area contributed by atoms with E-state index in [9.17, 15) is 14.9 Å². The van der Waals surface area contributed by atoms with Crippen molar-refractivity contribution in [2.24, 2.45) is 5.41 Å². The minimum Gasteiger partial charge on any atom is -0.294 e. The molecule has 5 rings (SSSR count). The maximum atomic E-state index is 13.8. The highest BCUT2D eigenvalue weighted by atomic mass is 32.1. The first kappa shape index (κ1) is 22.6. The Morgan fingerprint density at radius 3 is 2.58 bits per heavy atom. The zero-order valence-corrected chi connectivity index (χ0v) is 21.3. The number of rotatable bonds is 2. The molecule has 0 N–H and O–H groups in total. The first-order chi connectivity index (χ1) is 15.8. The van der Waals surface area contributed by atoms with Gasteiger partial charge in [-0.1, -0.05) is 26.7 Å². The molecule has 0 aromatic carbocycles. The van der Waals surface area contributed by atoms with Crippen LogP contribution in [0.3, 0.4) is 0 Å². The van der Waals surface area contributed by atoms with Crippen molar-refractivity contribution in [3.63, 3.8) is 0 Å². The molecule has 2 aromatic heterocycles. The fourth-order valence-electron chi connectivity index (χ4n) is 5.79. The van der Waals surface area contributed by atoms with Crippen molar-refractivity contribution in [2.75, 3.05) is 4.90 Å². The molecule has 1 atom stereocenters. The molecular weight excluding hydrogens is 448 g/mol. The highest BCUT2D eigenvalue weighted by Gasteiger charge is 2.46. The number of thiophene rings is 2. The summed E-state index contributed by atoms with van der Waals surface area (Å²) >= 11 is 3.26. The Labute approximate surface area is 203 Å². The monoisotopic (exact) mass is 478 g/mol. The summed E-state index contributed by atoms with van der Waals surface area (Å²) in [4.78, 5) is 31.5. The summed E-state index contributed by atoms with van der Waals surface area (Å²) in [6, 6.07) is 4.53. The van der Waals surface area contributed by atoms with Gasteiger partial charge in [0.15, 0.2) is 5.78 Å². The van der Waals surface area contributed by atoms with Crippen molar-refractivity contribution >= 4 is 39.4 Å². The van der Waals surface area contributed by atoms with Gasteiger partial charge in [0.2, 0.25) is 5.91 Å². The molecule has 4 nitrogen and oxygen atoms in total. The number of carbonyl (C=O) groups excluding carboxylic acids is 2. The molecule has 0 saturated heterocycles. The van der Waals surface area contributed by atoms with E-state index in [-0.39, 0.29) is 23.0 Å². The molecule has 0 fully saturated rings. The van der Waals surface area contributed by atoms with E-state index in [1.807, 2.05) is 5.38 Å². The van der Waals surface area contributed by atoms with Gasteiger partial charge in [0.25, 0.3) is 0 Å². The second kappa shape index (κ2) is 8.52. The van der Waals surface area contributed by atoms with Gasteiger partial charge in [0.1, 0.15) is 11.1 Å². The topological polar surface area (TPSA) is 61.2 Å². The number of amides is 1. The molecule has 0 unspecified atom stereocenters. The molecule has 2 aromatic rings. The molecule has 0 bridgehead atoms. The Morgan fingerprint density at radius 2 is 1.88 bits per heavy atom. The number of Topliss-reactive ketones (excluding diaryl/α,β-unsaturated/α-hetero) is 1. The van der Waals surface area contributed by atoms with Crippen LogP contribution in [0.15, 0.2) is 22.7 Å². The number of anilines is 1. The summed E-state index contributed by atoms with van der Waals surface area (Å²) < 4.78 is 0. The third kappa shape index (κ3) is 3.90. The maximum Gasteiger partial charge on any atom is 0.232 e. The van der Waals surface area contributed by atoms with Crippen LogP contribution in [-0.4, -0.2) is 11.7 Å². The van der Waals surface area contributed by atoms with Crippen LogP contribution >= 0.6 is 22.7 Å². The lowest BCUT2D eigenvalue weighted by Crippen LogP contribution is -2.43. The minimum atomic E-state index is -0.209. The van der Waals surface area contributed by atoms with Crippen LogP contribution in [0.1, 0.15) is 91.2 Å². The summed E-state index contributed by atoms with van der Waals surface area (Å²) in [7, 11) is 0. The summed E-state index contributed by atoms with van der Waals surface area (Å²) in [5, 5.41) is 13.0. The van der Waals surface area contributed by atoms with Gasteiger partial charge in [0, 0.05) is 39.8 Å². The number of ketones is 1. The lowest BCUT2D eigenvalue weighted by atomic mass is 9.70. The molecule has 0 spiro atoms. The molecule has 0 radical (unpaired) electrons. The third-order valence-electron chi connectivity index (χ3n) is 7.33. The lowest BCUT2D eigenvalue weighted by Gasteiger charge is -2.42. The zero-order valence-electron chi connectivity index (χ0n) is 19.6. The summed E-state index contributed by atoms with van der Waals surface area (Å²) in [6.07, 6.45) is 7.98. The van der Waals surface area contributed by atoms with E-state index < -0.39 is 0 Å². The molecule has 1 aliphatic heterocycles. The molecule has 3 heterocycles. The van der Waals surface area contributed by atoms with Crippen LogP contribution < -0.4 is 4.90 Å². The predicted octanol–water partition coefficient (Wildman–Crippen LogP) is 6.81. The first-order valence-corrected chi connectivity index (χ1v) is 13.7. The van der Waals surface area contributed by atoms with Gasteiger partial charge in [-0.25, -0.2) is 0 Å². The molecular formula is C27H30N2O2S2. The number of hydrogen-bond acceptors (Lipinski definition) is 5. The SMILES string of the molecule is Cc1ccsc1[C@@H]1CC(=O)N(c2sc3c(c2C#N)CCCCCC3)C2=C1C(=O)CC(C)(C)C2. The lowest BCUT2D eigenvalue weighted by molar-refractivity contribution is -0.120. The Morgan fingerprint density at radius 1 is 1.12 bits per heavy atom. The molecule has 3 aliphatic rings. The molecule has 6 heteroatoms. The van der Waals surface area contributed by atoms with E-state index in [4.69, 9.17) is 0 Å². The van der Waals surface area contributed by atoms with Gasteiger partial charge in [0.05, 0.1) is 5.56 Å². The average molecular weight is 479 g/mol. The molecule has 33 heavy (non-hydrogen) atoms. The summed E-state index contributed by atoms with van der Waals surface area (Å²) in [6.45, 7) is 6.28. The Kier molecular flexibility index (Phi) is 5.83. The van der Waals surface area contributed by atoms with Crippen molar-refractivity contribution in [2.45, 2.75) is 84.5 Å². The number of fused-ring (bicyclic) bond motifs is 1. The molecule has 0 saturated carbocycles. The van der Waals surface area contributed by atoms with Crippen molar-refractivity contribution in [3.8, 4) is 6.07 Å². The van der Waals surface area contributed by atoms with E-state index in [2.05, 4.69) is 32.9 Å². The fourth-order valence-corrected chi connectivity index (χ4v) is 8.21. The van der Waals surface area contributed by atoms with Crippen molar-refractivity contribution in [3.05, 3.63) is 49.2 Å². The number of allylic oxidation sites excluding steroid dienone is 2. The molecule has 1 amide bonds. The van der Waals surface area contributed by atoms with Gasteiger partial charge < -0.3 is 0 Å². The number of nitriles is 1. The van der Waals surface area contributed by atoms with E-state index in [1.165, 1.54) is 17.7 Å². The van der Waals surface area contributed by atoms with E-state index in [1.54, 1.807) is 27.6 Å². The van der Waals surface area contributed by atoms with Gasteiger partial charge >= 0.3 is 0 Å². The van der Waals surface area contributed by atoms with Crippen LogP contribution in [0.25, 0.3) is 0 Å². The predicted molar refractivity (Wildman–Crippen MR) is 134 cm³/mol. The van der Waals surface area contributed by atoms with E-state index in [0.717, 1.165) is 58.0 Å². The quantitative estimate of drug-likeness (QED) is 0.476. The Bertz CT molecular complexity index is 1210. The Balaban J connectivity index is 1.70.